The molecule has 1 atom stereocenters. The van der Waals surface area contributed by atoms with Gasteiger partial charge in [-0.3, -0.25) is 9.59 Å². The summed E-state index contributed by atoms with van der Waals surface area (Å²) in [7, 11) is 0. The highest BCUT2D eigenvalue weighted by Gasteiger charge is 2.32. The van der Waals surface area contributed by atoms with E-state index < -0.39 is 11.9 Å². The van der Waals surface area contributed by atoms with Crippen LogP contribution in [0.4, 0.5) is 0 Å². The smallest absolute Gasteiger partial charge is 0.307 e. The molecular formula is C9H9NO3S. The zero-order chi connectivity index (χ0) is 10.3. The Balaban J connectivity index is 2.37. The molecule has 74 valence electrons. The van der Waals surface area contributed by atoms with Crippen LogP contribution in [0.5, 0.6) is 0 Å². The number of nitrogens with zero attached hydrogens (tertiary/aromatic N) is 1. The van der Waals surface area contributed by atoms with E-state index in [0.717, 1.165) is 9.88 Å². The first-order valence-corrected chi connectivity index (χ1v) is 5.12. The number of hydrogen-bond donors (Lipinski definition) is 1. The SMILES string of the molecule is Cc1nc2c(s1)CC(C(=O)O)CC2=O. The molecule has 1 aliphatic carbocycles. The molecule has 1 aliphatic rings. The van der Waals surface area contributed by atoms with Gasteiger partial charge in [0.2, 0.25) is 0 Å². The average molecular weight is 211 g/mol. The second-order valence-electron chi connectivity index (χ2n) is 3.37. The van der Waals surface area contributed by atoms with Crippen LogP contribution >= 0.6 is 11.3 Å². The molecule has 1 aromatic rings. The van der Waals surface area contributed by atoms with Gasteiger partial charge in [0.25, 0.3) is 0 Å². The summed E-state index contributed by atoms with van der Waals surface area (Å²) in [5.41, 5.74) is 0.491. The Morgan fingerprint density at radius 2 is 2.29 bits per heavy atom. The Kier molecular flexibility index (Phi) is 2.11. The van der Waals surface area contributed by atoms with Crippen molar-refractivity contribution in [2.45, 2.75) is 19.8 Å². The van der Waals surface area contributed by atoms with E-state index in [1.807, 2.05) is 6.92 Å². The molecule has 1 N–H and O–H groups in total. The van der Waals surface area contributed by atoms with Crippen LogP contribution in [0.1, 0.15) is 26.8 Å². The number of fused-ring (bicyclic) bond motifs is 1. The van der Waals surface area contributed by atoms with Gasteiger partial charge in [-0.1, -0.05) is 0 Å². The van der Waals surface area contributed by atoms with E-state index in [2.05, 4.69) is 4.98 Å². The lowest BCUT2D eigenvalue weighted by Gasteiger charge is -2.15. The molecule has 0 bridgehead atoms. The molecule has 14 heavy (non-hydrogen) atoms. The highest BCUT2D eigenvalue weighted by Crippen LogP contribution is 2.29. The lowest BCUT2D eigenvalue weighted by atomic mass is 9.90. The van der Waals surface area contributed by atoms with Crippen molar-refractivity contribution in [3.63, 3.8) is 0 Å². The summed E-state index contributed by atoms with van der Waals surface area (Å²) >= 11 is 1.42. The Bertz CT molecular complexity index is 410. The van der Waals surface area contributed by atoms with Gasteiger partial charge in [0, 0.05) is 11.3 Å². The molecule has 1 unspecified atom stereocenters. The highest BCUT2D eigenvalue weighted by molar-refractivity contribution is 7.11. The van der Waals surface area contributed by atoms with Gasteiger partial charge in [-0.15, -0.1) is 11.3 Å². The van der Waals surface area contributed by atoms with Crippen molar-refractivity contribution in [3.8, 4) is 0 Å². The number of rotatable bonds is 1. The number of carbonyl (C=O) groups is 2. The standard InChI is InChI=1S/C9H9NO3S/c1-4-10-8-6(11)2-5(9(12)13)3-7(8)14-4/h5H,2-3H2,1H3,(H,12,13). The fourth-order valence-corrected chi connectivity index (χ4v) is 2.65. The maximum absolute atomic E-state index is 11.5. The molecule has 1 heterocycles. The predicted octanol–water partition coefficient (Wildman–Crippen LogP) is 1.28. The van der Waals surface area contributed by atoms with Crippen molar-refractivity contribution in [2.24, 2.45) is 5.92 Å². The predicted molar refractivity (Wildman–Crippen MR) is 50.6 cm³/mol. The van der Waals surface area contributed by atoms with Crippen molar-refractivity contribution in [3.05, 3.63) is 15.6 Å². The first-order chi connectivity index (χ1) is 6.58. The first kappa shape index (κ1) is 9.33. The van der Waals surface area contributed by atoms with E-state index in [-0.39, 0.29) is 12.2 Å². The molecular weight excluding hydrogens is 202 g/mol. The van der Waals surface area contributed by atoms with Crippen molar-refractivity contribution < 1.29 is 14.7 Å². The first-order valence-electron chi connectivity index (χ1n) is 4.30. The maximum Gasteiger partial charge on any atom is 0.307 e. The zero-order valence-electron chi connectivity index (χ0n) is 7.61. The summed E-state index contributed by atoms with van der Waals surface area (Å²) in [6.45, 7) is 1.83. The molecule has 2 rings (SSSR count). The highest BCUT2D eigenvalue weighted by atomic mass is 32.1. The number of carbonyl (C=O) groups excluding carboxylic acids is 1. The lowest BCUT2D eigenvalue weighted by molar-refractivity contribution is -0.141. The van der Waals surface area contributed by atoms with Gasteiger partial charge in [-0.2, -0.15) is 0 Å². The van der Waals surface area contributed by atoms with Gasteiger partial charge >= 0.3 is 5.97 Å². The monoisotopic (exact) mass is 211 g/mol. The number of ketones is 1. The van der Waals surface area contributed by atoms with Crippen LogP contribution in [0.3, 0.4) is 0 Å². The topological polar surface area (TPSA) is 67.3 Å². The van der Waals surface area contributed by atoms with Gasteiger partial charge in [0.15, 0.2) is 5.78 Å². The van der Waals surface area contributed by atoms with Crippen LogP contribution in [-0.2, 0) is 11.2 Å². The number of aromatic nitrogens is 1. The number of Topliss-reactive ketones (excluding diaryl/α,β-unsaturated/α-hetero) is 1. The molecule has 4 nitrogen and oxygen atoms in total. The fraction of sp³-hybridized carbons (Fsp3) is 0.444. The summed E-state index contributed by atoms with van der Waals surface area (Å²) in [6.07, 6.45) is 0.535. The number of carboxylic acids is 1. The number of hydrogen-bond acceptors (Lipinski definition) is 4. The van der Waals surface area contributed by atoms with E-state index in [1.165, 1.54) is 11.3 Å². The molecule has 5 heteroatoms. The minimum Gasteiger partial charge on any atom is -0.481 e. The maximum atomic E-state index is 11.5. The van der Waals surface area contributed by atoms with Crippen LogP contribution in [-0.4, -0.2) is 21.8 Å². The Morgan fingerprint density at radius 3 is 2.93 bits per heavy atom. The molecule has 0 fully saturated rings. The van der Waals surface area contributed by atoms with Gasteiger partial charge in [-0.05, 0) is 13.3 Å². The van der Waals surface area contributed by atoms with Gasteiger partial charge in [0.05, 0.1) is 10.9 Å². The van der Waals surface area contributed by atoms with Crippen molar-refractivity contribution in [1.29, 1.82) is 0 Å². The fourth-order valence-electron chi connectivity index (χ4n) is 1.62. The average Bonchev–Trinajstić information content (AvgIpc) is 2.45. The van der Waals surface area contributed by atoms with Gasteiger partial charge in [0.1, 0.15) is 5.69 Å². The van der Waals surface area contributed by atoms with Crippen LogP contribution in [0.25, 0.3) is 0 Å². The van der Waals surface area contributed by atoms with Crippen LogP contribution in [0.15, 0.2) is 0 Å². The zero-order valence-corrected chi connectivity index (χ0v) is 8.43. The number of thiazole rings is 1. The summed E-state index contributed by atoms with van der Waals surface area (Å²) < 4.78 is 0. The van der Waals surface area contributed by atoms with Gasteiger partial charge < -0.3 is 5.11 Å². The summed E-state index contributed by atoms with van der Waals surface area (Å²) in [4.78, 5) is 27.2. The molecule has 1 aromatic heterocycles. The minimum absolute atomic E-state index is 0.0888. The molecule has 0 aromatic carbocycles. The number of aryl methyl sites for hydroxylation is 1. The van der Waals surface area contributed by atoms with E-state index in [4.69, 9.17) is 5.11 Å². The second-order valence-corrected chi connectivity index (χ2v) is 4.66. The van der Waals surface area contributed by atoms with E-state index >= 15 is 0 Å². The quantitative estimate of drug-likeness (QED) is 0.759. The molecule has 0 amide bonds. The number of carboxylic acid groups (broad SMARTS) is 1. The third-order valence-electron chi connectivity index (χ3n) is 2.28. The van der Waals surface area contributed by atoms with Crippen LogP contribution in [0.2, 0.25) is 0 Å². The molecule has 0 saturated carbocycles. The van der Waals surface area contributed by atoms with Crippen LogP contribution < -0.4 is 0 Å². The number of aliphatic carboxylic acids is 1. The van der Waals surface area contributed by atoms with E-state index in [9.17, 15) is 9.59 Å². The normalized spacial score (nSPS) is 20.6. The Morgan fingerprint density at radius 1 is 1.57 bits per heavy atom. The Labute approximate surface area is 84.6 Å². The summed E-state index contributed by atoms with van der Waals surface area (Å²) in [5.74, 6) is -1.59. The third-order valence-corrected chi connectivity index (χ3v) is 3.27. The lowest BCUT2D eigenvalue weighted by Crippen LogP contribution is -2.25. The molecule has 0 spiro atoms. The summed E-state index contributed by atoms with van der Waals surface area (Å²) in [6, 6.07) is 0. The summed E-state index contributed by atoms with van der Waals surface area (Å²) in [5, 5.41) is 9.65. The van der Waals surface area contributed by atoms with E-state index in [0.29, 0.717) is 12.1 Å². The Hall–Kier alpha value is -1.23. The molecule has 0 radical (unpaired) electrons. The van der Waals surface area contributed by atoms with Gasteiger partial charge in [-0.25, -0.2) is 4.98 Å². The van der Waals surface area contributed by atoms with Crippen molar-refractivity contribution in [2.75, 3.05) is 0 Å². The third kappa shape index (κ3) is 1.43. The minimum atomic E-state index is -0.893. The van der Waals surface area contributed by atoms with E-state index in [1.54, 1.807) is 0 Å². The van der Waals surface area contributed by atoms with Crippen molar-refractivity contribution in [1.82, 2.24) is 4.98 Å². The second kappa shape index (κ2) is 3.16. The molecule has 0 aliphatic heterocycles. The van der Waals surface area contributed by atoms with Crippen LogP contribution in [0, 0.1) is 12.8 Å². The largest absolute Gasteiger partial charge is 0.481 e. The molecule has 0 saturated heterocycles. The van der Waals surface area contributed by atoms with Crippen molar-refractivity contribution >= 4 is 23.1 Å².